The van der Waals surface area contributed by atoms with Gasteiger partial charge in [0.05, 0.1) is 13.2 Å². The molecule has 8 heteroatoms. The molecule has 1 fully saturated rings. The second kappa shape index (κ2) is 12.2. The lowest BCUT2D eigenvalue weighted by Gasteiger charge is -2.24. The van der Waals surface area contributed by atoms with Crippen LogP contribution in [0.15, 0.2) is 64.2 Å². The Morgan fingerprint density at radius 3 is 2.34 bits per heavy atom. The Balaban J connectivity index is 1.46. The van der Waals surface area contributed by atoms with Crippen molar-refractivity contribution < 1.29 is 14.3 Å². The quantitative estimate of drug-likeness (QED) is 0.347. The van der Waals surface area contributed by atoms with Crippen LogP contribution in [0, 0.1) is 0 Å². The van der Waals surface area contributed by atoms with Gasteiger partial charge in [-0.15, -0.1) is 0 Å². The normalized spacial score (nSPS) is 14.0. The van der Waals surface area contributed by atoms with Crippen molar-refractivity contribution in [2.45, 2.75) is 83.9 Å². The summed E-state index contributed by atoms with van der Waals surface area (Å²) in [6.07, 6.45) is 5.46. The molecule has 0 N–H and O–H groups in total. The van der Waals surface area contributed by atoms with Crippen LogP contribution in [0.25, 0.3) is 0 Å². The molecule has 1 aliphatic rings. The van der Waals surface area contributed by atoms with Crippen molar-refractivity contribution in [1.82, 2.24) is 14.3 Å². The summed E-state index contributed by atoms with van der Waals surface area (Å²) >= 11 is 0. The number of esters is 1. The first-order chi connectivity index (χ1) is 18.3. The molecule has 202 valence electrons. The standard InChI is InChI=1S/C30H37N3O5/c1-4-37-28(35)30(2,3)38-25-18-16-22(17-19-25)13-10-20-33-29(36)32(21-23-11-6-5-7-12-23)27(34)26(31-33)24-14-8-9-15-24/h5-7,11-12,16-19,24H,4,8-10,13-15,20-21H2,1-3H3. The average Bonchev–Trinajstić information content (AvgIpc) is 3.44. The smallest absolute Gasteiger partial charge is 0.349 e. The van der Waals surface area contributed by atoms with Crippen LogP contribution in [0.4, 0.5) is 0 Å². The van der Waals surface area contributed by atoms with Gasteiger partial charge in [0.25, 0.3) is 5.56 Å². The third-order valence-corrected chi connectivity index (χ3v) is 6.97. The third-order valence-electron chi connectivity index (χ3n) is 6.97. The zero-order valence-electron chi connectivity index (χ0n) is 22.5. The van der Waals surface area contributed by atoms with Crippen molar-refractivity contribution in [3.05, 3.63) is 92.3 Å². The highest BCUT2D eigenvalue weighted by Crippen LogP contribution is 2.31. The Hall–Kier alpha value is -3.68. The van der Waals surface area contributed by atoms with E-state index < -0.39 is 11.6 Å². The minimum Gasteiger partial charge on any atom is -0.476 e. The van der Waals surface area contributed by atoms with Crippen LogP contribution in [0.5, 0.6) is 5.75 Å². The Bertz CT molecular complexity index is 1340. The van der Waals surface area contributed by atoms with Gasteiger partial charge in [-0.05, 0) is 69.7 Å². The van der Waals surface area contributed by atoms with Gasteiger partial charge in [0.1, 0.15) is 11.4 Å². The summed E-state index contributed by atoms with van der Waals surface area (Å²) in [4.78, 5) is 38.7. The molecular formula is C30H37N3O5. The second-order valence-corrected chi connectivity index (χ2v) is 10.3. The van der Waals surface area contributed by atoms with E-state index in [1.54, 1.807) is 20.8 Å². The molecule has 8 nitrogen and oxygen atoms in total. The Morgan fingerprint density at radius 2 is 1.68 bits per heavy atom. The Labute approximate surface area is 223 Å². The van der Waals surface area contributed by atoms with Gasteiger partial charge in [-0.2, -0.15) is 5.10 Å². The topological polar surface area (TPSA) is 92.4 Å². The third kappa shape index (κ3) is 6.60. The predicted octanol–water partition coefficient (Wildman–Crippen LogP) is 4.46. The first kappa shape index (κ1) is 27.4. The molecular weight excluding hydrogens is 482 g/mol. The highest BCUT2D eigenvalue weighted by atomic mass is 16.6. The van der Waals surface area contributed by atoms with Gasteiger partial charge < -0.3 is 9.47 Å². The highest BCUT2D eigenvalue weighted by Gasteiger charge is 2.31. The maximum atomic E-state index is 13.3. The number of carbonyl (C=O) groups excluding carboxylic acids is 1. The molecule has 0 amide bonds. The van der Waals surface area contributed by atoms with Gasteiger partial charge >= 0.3 is 11.7 Å². The number of rotatable bonds is 11. The summed E-state index contributed by atoms with van der Waals surface area (Å²) in [7, 11) is 0. The summed E-state index contributed by atoms with van der Waals surface area (Å²) in [5.74, 6) is 0.286. The van der Waals surface area contributed by atoms with Crippen LogP contribution in [0.2, 0.25) is 0 Å². The maximum Gasteiger partial charge on any atom is 0.349 e. The molecule has 0 unspecified atom stereocenters. The largest absolute Gasteiger partial charge is 0.476 e. The first-order valence-electron chi connectivity index (χ1n) is 13.5. The van der Waals surface area contributed by atoms with Crippen molar-refractivity contribution in [1.29, 1.82) is 0 Å². The van der Waals surface area contributed by atoms with Crippen molar-refractivity contribution >= 4 is 5.97 Å². The van der Waals surface area contributed by atoms with Crippen LogP contribution < -0.4 is 16.0 Å². The predicted molar refractivity (Wildman–Crippen MR) is 146 cm³/mol. The molecule has 0 aliphatic heterocycles. The minimum absolute atomic E-state index is 0.114. The fourth-order valence-electron chi connectivity index (χ4n) is 4.88. The number of hydrogen-bond acceptors (Lipinski definition) is 6. The van der Waals surface area contributed by atoms with E-state index in [4.69, 9.17) is 9.47 Å². The maximum absolute atomic E-state index is 13.3. The summed E-state index contributed by atoms with van der Waals surface area (Å²) < 4.78 is 13.7. The summed E-state index contributed by atoms with van der Waals surface area (Å²) in [6, 6.07) is 17.2. The Kier molecular flexibility index (Phi) is 8.81. The number of benzene rings is 2. The molecule has 0 atom stereocenters. The van der Waals surface area contributed by atoms with Crippen LogP contribution >= 0.6 is 0 Å². The van der Waals surface area contributed by atoms with Gasteiger partial charge in [-0.1, -0.05) is 55.3 Å². The monoisotopic (exact) mass is 519 g/mol. The van der Waals surface area contributed by atoms with E-state index in [2.05, 4.69) is 5.10 Å². The van der Waals surface area contributed by atoms with Crippen LogP contribution in [-0.2, 0) is 29.0 Å². The van der Waals surface area contributed by atoms with E-state index in [1.165, 1.54) is 9.25 Å². The van der Waals surface area contributed by atoms with Gasteiger partial charge in [0.15, 0.2) is 5.60 Å². The molecule has 1 aromatic heterocycles. The molecule has 3 aromatic rings. The van der Waals surface area contributed by atoms with Crippen molar-refractivity contribution in [2.75, 3.05) is 6.61 Å². The Morgan fingerprint density at radius 1 is 1.00 bits per heavy atom. The van der Waals surface area contributed by atoms with E-state index in [-0.39, 0.29) is 23.7 Å². The summed E-state index contributed by atoms with van der Waals surface area (Å²) in [5.41, 5.74) is 0.797. The fourth-order valence-corrected chi connectivity index (χ4v) is 4.88. The molecule has 0 saturated heterocycles. The van der Waals surface area contributed by atoms with Crippen LogP contribution in [0.3, 0.4) is 0 Å². The second-order valence-electron chi connectivity index (χ2n) is 10.3. The number of aromatic nitrogens is 3. The van der Waals surface area contributed by atoms with Gasteiger partial charge in [0, 0.05) is 12.5 Å². The zero-order valence-corrected chi connectivity index (χ0v) is 22.5. The molecule has 4 rings (SSSR count). The van der Waals surface area contributed by atoms with E-state index in [9.17, 15) is 14.4 Å². The van der Waals surface area contributed by atoms with Gasteiger partial charge in [0.2, 0.25) is 0 Å². The fraction of sp³-hybridized carbons (Fsp3) is 0.467. The lowest BCUT2D eigenvalue weighted by atomic mass is 10.0. The lowest BCUT2D eigenvalue weighted by Crippen LogP contribution is -2.44. The van der Waals surface area contributed by atoms with Crippen LogP contribution in [0.1, 0.15) is 75.6 Å². The number of nitrogens with zero attached hydrogens (tertiary/aromatic N) is 3. The molecule has 38 heavy (non-hydrogen) atoms. The van der Waals surface area contributed by atoms with Crippen LogP contribution in [-0.4, -0.2) is 32.5 Å². The first-order valence-corrected chi connectivity index (χ1v) is 13.5. The van der Waals surface area contributed by atoms with E-state index in [0.717, 1.165) is 43.2 Å². The molecule has 0 bridgehead atoms. The minimum atomic E-state index is -1.08. The number of aryl methyl sites for hydroxylation is 2. The number of ether oxygens (including phenoxy) is 2. The van der Waals surface area contributed by atoms with E-state index >= 15 is 0 Å². The molecule has 1 aliphatic carbocycles. The van der Waals surface area contributed by atoms with Crippen molar-refractivity contribution in [2.24, 2.45) is 0 Å². The zero-order chi connectivity index (χ0) is 27.1. The molecule has 0 radical (unpaired) electrons. The summed E-state index contributed by atoms with van der Waals surface area (Å²) in [6.45, 7) is 6.09. The molecule has 1 saturated carbocycles. The van der Waals surface area contributed by atoms with Gasteiger partial charge in [-0.25, -0.2) is 14.3 Å². The average molecular weight is 520 g/mol. The highest BCUT2D eigenvalue weighted by molar-refractivity contribution is 5.79. The SMILES string of the molecule is CCOC(=O)C(C)(C)Oc1ccc(CCCn2nc(C3CCCC3)c(=O)n(Cc3ccccc3)c2=O)cc1. The molecule has 1 heterocycles. The van der Waals surface area contributed by atoms with Crippen molar-refractivity contribution in [3.8, 4) is 5.75 Å². The van der Waals surface area contributed by atoms with E-state index in [0.29, 0.717) is 31.0 Å². The summed E-state index contributed by atoms with van der Waals surface area (Å²) in [5, 5.41) is 4.58. The number of carbonyl (C=O) groups is 1. The van der Waals surface area contributed by atoms with Crippen molar-refractivity contribution in [3.63, 3.8) is 0 Å². The lowest BCUT2D eigenvalue weighted by molar-refractivity contribution is -0.158. The molecule has 2 aromatic carbocycles. The van der Waals surface area contributed by atoms with Gasteiger partial charge in [-0.3, -0.25) is 9.36 Å². The number of hydrogen-bond donors (Lipinski definition) is 0. The van der Waals surface area contributed by atoms with E-state index in [1.807, 2.05) is 54.6 Å². The molecule has 0 spiro atoms.